The van der Waals surface area contributed by atoms with E-state index in [0.717, 1.165) is 19.3 Å². The van der Waals surface area contributed by atoms with Gasteiger partial charge in [0.2, 0.25) is 0 Å². The van der Waals surface area contributed by atoms with E-state index < -0.39 is 0 Å². The van der Waals surface area contributed by atoms with Gasteiger partial charge >= 0.3 is 0 Å². The summed E-state index contributed by atoms with van der Waals surface area (Å²) in [6.45, 7) is 10.4. The van der Waals surface area contributed by atoms with Crippen LogP contribution in [0.1, 0.15) is 40.0 Å². The molecule has 76 valence electrons. The van der Waals surface area contributed by atoms with E-state index in [4.69, 9.17) is 5.11 Å². The lowest BCUT2D eigenvalue weighted by Crippen LogP contribution is -2.14. The van der Waals surface area contributed by atoms with E-state index in [2.05, 4.69) is 33.4 Å². The normalized spacial score (nSPS) is 14.8. The van der Waals surface area contributed by atoms with Gasteiger partial charge in [0.05, 0.1) is 0 Å². The molecule has 0 aromatic rings. The van der Waals surface area contributed by atoms with Crippen molar-refractivity contribution in [2.24, 2.45) is 5.41 Å². The largest absolute Gasteiger partial charge is 0.396 e. The van der Waals surface area contributed by atoms with Crippen molar-refractivity contribution in [2.45, 2.75) is 40.0 Å². The van der Waals surface area contributed by atoms with Crippen molar-refractivity contribution in [1.29, 1.82) is 0 Å². The van der Waals surface area contributed by atoms with Crippen LogP contribution in [0.2, 0.25) is 0 Å². The predicted octanol–water partition coefficient (Wildman–Crippen LogP) is 3.31. The molecule has 0 spiro atoms. The quantitative estimate of drug-likeness (QED) is 0.625. The fourth-order valence-electron chi connectivity index (χ4n) is 1.28. The summed E-state index contributed by atoms with van der Waals surface area (Å²) >= 11 is 0. The molecule has 0 aromatic heterocycles. The van der Waals surface area contributed by atoms with Gasteiger partial charge in [-0.05, 0) is 38.5 Å². The van der Waals surface area contributed by atoms with E-state index >= 15 is 0 Å². The summed E-state index contributed by atoms with van der Waals surface area (Å²) in [5, 5.41) is 8.88. The Labute approximate surface area is 82.2 Å². The highest BCUT2D eigenvalue weighted by Gasteiger charge is 2.17. The molecular formula is C12H22O. The first-order valence-electron chi connectivity index (χ1n) is 4.92. The van der Waals surface area contributed by atoms with Crippen LogP contribution in [0, 0.1) is 5.41 Å². The van der Waals surface area contributed by atoms with Gasteiger partial charge < -0.3 is 5.11 Å². The summed E-state index contributed by atoms with van der Waals surface area (Å²) < 4.78 is 0. The lowest BCUT2D eigenvalue weighted by Gasteiger charge is -2.23. The minimum Gasteiger partial charge on any atom is -0.396 e. The van der Waals surface area contributed by atoms with Gasteiger partial charge in [0.15, 0.2) is 0 Å². The molecule has 1 atom stereocenters. The Bertz CT molecular complexity index is 178. The SMILES string of the molecule is C=C[C@@](C)(CCO)CCC=C(C)C. The zero-order valence-corrected chi connectivity index (χ0v) is 9.14. The van der Waals surface area contributed by atoms with E-state index in [1.54, 1.807) is 0 Å². The third-order valence-corrected chi connectivity index (χ3v) is 2.44. The molecule has 1 nitrogen and oxygen atoms in total. The van der Waals surface area contributed by atoms with Crippen LogP contribution in [0.15, 0.2) is 24.3 Å². The number of aliphatic hydroxyl groups is 1. The van der Waals surface area contributed by atoms with E-state index in [1.807, 2.05) is 6.08 Å². The summed E-state index contributed by atoms with van der Waals surface area (Å²) in [4.78, 5) is 0. The molecule has 0 aliphatic rings. The minimum atomic E-state index is 0.0979. The lowest BCUT2D eigenvalue weighted by molar-refractivity contribution is 0.224. The van der Waals surface area contributed by atoms with Crippen molar-refractivity contribution < 1.29 is 5.11 Å². The fourth-order valence-corrected chi connectivity index (χ4v) is 1.28. The molecule has 0 heterocycles. The second kappa shape index (κ2) is 5.98. The Hall–Kier alpha value is -0.560. The number of hydrogen-bond donors (Lipinski definition) is 1. The first kappa shape index (κ1) is 12.4. The van der Waals surface area contributed by atoms with Crippen LogP contribution in [0.25, 0.3) is 0 Å². The van der Waals surface area contributed by atoms with Gasteiger partial charge in [0.25, 0.3) is 0 Å². The van der Waals surface area contributed by atoms with Gasteiger partial charge in [-0.2, -0.15) is 0 Å². The highest BCUT2D eigenvalue weighted by molar-refractivity contribution is 4.97. The Balaban J connectivity index is 3.97. The van der Waals surface area contributed by atoms with Crippen molar-refractivity contribution in [3.05, 3.63) is 24.3 Å². The van der Waals surface area contributed by atoms with E-state index in [1.165, 1.54) is 5.57 Å². The molecule has 0 bridgehead atoms. The summed E-state index contributed by atoms with van der Waals surface area (Å²) in [6, 6.07) is 0. The fraction of sp³-hybridized carbons (Fsp3) is 0.667. The first-order valence-corrected chi connectivity index (χ1v) is 4.92. The van der Waals surface area contributed by atoms with Crippen molar-refractivity contribution >= 4 is 0 Å². The average molecular weight is 182 g/mol. The molecule has 1 N–H and O–H groups in total. The molecule has 0 aliphatic carbocycles. The van der Waals surface area contributed by atoms with Gasteiger partial charge in [0.1, 0.15) is 0 Å². The zero-order chi connectivity index (χ0) is 10.3. The van der Waals surface area contributed by atoms with Crippen molar-refractivity contribution in [2.75, 3.05) is 6.61 Å². The molecule has 13 heavy (non-hydrogen) atoms. The molecule has 1 heteroatoms. The monoisotopic (exact) mass is 182 g/mol. The predicted molar refractivity (Wildman–Crippen MR) is 58.7 cm³/mol. The Morgan fingerprint density at radius 3 is 2.38 bits per heavy atom. The van der Waals surface area contributed by atoms with Gasteiger partial charge in [-0.3, -0.25) is 0 Å². The van der Waals surface area contributed by atoms with Crippen LogP contribution < -0.4 is 0 Å². The van der Waals surface area contributed by atoms with Gasteiger partial charge in [-0.1, -0.05) is 24.6 Å². The maximum absolute atomic E-state index is 8.88. The second-order valence-electron chi connectivity index (χ2n) is 4.15. The van der Waals surface area contributed by atoms with Gasteiger partial charge in [-0.15, -0.1) is 6.58 Å². The van der Waals surface area contributed by atoms with Gasteiger partial charge in [-0.25, -0.2) is 0 Å². The molecule has 0 aromatic carbocycles. The van der Waals surface area contributed by atoms with E-state index in [-0.39, 0.29) is 12.0 Å². The Morgan fingerprint density at radius 2 is 2.00 bits per heavy atom. The van der Waals surface area contributed by atoms with Gasteiger partial charge in [0, 0.05) is 6.61 Å². The summed E-state index contributed by atoms with van der Waals surface area (Å²) in [7, 11) is 0. The molecule has 0 fully saturated rings. The topological polar surface area (TPSA) is 20.2 Å². The Morgan fingerprint density at radius 1 is 1.38 bits per heavy atom. The summed E-state index contributed by atoms with van der Waals surface area (Å²) in [5.41, 5.74) is 1.45. The number of aliphatic hydroxyl groups excluding tert-OH is 1. The molecule has 0 amide bonds. The molecule has 0 aliphatic heterocycles. The maximum Gasteiger partial charge on any atom is 0.0439 e. The minimum absolute atomic E-state index is 0.0979. The van der Waals surface area contributed by atoms with Crippen LogP contribution >= 0.6 is 0 Å². The van der Waals surface area contributed by atoms with Crippen LogP contribution in [0.3, 0.4) is 0 Å². The van der Waals surface area contributed by atoms with E-state index in [0.29, 0.717) is 0 Å². The first-order chi connectivity index (χ1) is 6.04. The highest BCUT2D eigenvalue weighted by Crippen LogP contribution is 2.28. The standard InChI is InChI=1S/C12H22O/c1-5-12(4,9-10-13)8-6-7-11(2)3/h5,7,13H,1,6,8-10H2,2-4H3/t12-/m1/s1. The number of rotatable bonds is 6. The maximum atomic E-state index is 8.88. The molecule has 0 saturated carbocycles. The third-order valence-electron chi connectivity index (χ3n) is 2.44. The average Bonchev–Trinajstić information content (AvgIpc) is 2.04. The van der Waals surface area contributed by atoms with Crippen molar-refractivity contribution in [3.8, 4) is 0 Å². The Kier molecular flexibility index (Phi) is 5.72. The zero-order valence-electron chi connectivity index (χ0n) is 9.14. The van der Waals surface area contributed by atoms with E-state index in [9.17, 15) is 0 Å². The summed E-state index contributed by atoms with van der Waals surface area (Å²) in [5.74, 6) is 0. The van der Waals surface area contributed by atoms with Crippen LogP contribution in [0.5, 0.6) is 0 Å². The van der Waals surface area contributed by atoms with Crippen LogP contribution in [0.4, 0.5) is 0 Å². The second-order valence-corrected chi connectivity index (χ2v) is 4.15. The van der Waals surface area contributed by atoms with Crippen LogP contribution in [-0.4, -0.2) is 11.7 Å². The molecular weight excluding hydrogens is 160 g/mol. The molecule has 0 unspecified atom stereocenters. The molecule has 0 radical (unpaired) electrons. The molecule has 0 saturated heterocycles. The number of allylic oxidation sites excluding steroid dienone is 3. The lowest BCUT2D eigenvalue weighted by atomic mass is 9.82. The third kappa shape index (κ3) is 5.64. The smallest absolute Gasteiger partial charge is 0.0439 e. The van der Waals surface area contributed by atoms with Crippen molar-refractivity contribution in [3.63, 3.8) is 0 Å². The van der Waals surface area contributed by atoms with Crippen LogP contribution in [-0.2, 0) is 0 Å². The van der Waals surface area contributed by atoms with Crippen molar-refractivity contribution in [1.82, 2.24) is 0 Å². The number of hydrogen-bond acceptors (Lipinski definition) is 1. The highest BCUT2D eigenvalue weighted by atomic mass is 16.3. The molecule has 0 rings (SSSR count). The summed E-state index contributed by atoms with van der Waals surface area (Å²) in [6.07, 6.45) is 7.15.